The van der Waals surface area contributed by atoms with Crippen LogP contribution in [-0.4, -0.2) is 0 Å². The first-order valence-electron chi connectivity index (χ1n) is 8.93. The van der Waals surface area contributed by atoms with Crippen molar-refractivity contribution < 1.29 is 0 Å². The van der Waals surface area contributed by atoms with Gasteiger partial charge in [-0.1, -0.05) is 45.4 Å². The first kappa shape index (κ1) is 13.2. The lowest BCUT2D eigenvalue weighted by Gasteiger charge is -2.58. The molecule has 0 unspecified atom stereocenters. The van der Waals surface area contributed by atoms with Crippen LogP contribution in [0, 0.1) is 34.5 Å². The zero-order valence-electron chi connectivity index (χ0n) is 13.5. The maximum Gasteiger partial charge on any atom is -0.00443 e. The molecule has 0 aliphatic heterocycles. The van der Waals surface area contributed by atoms with Crippen LogP contribution in [0.1, 0.15) is 65.7 Å². The molecule has 0 N–H and O–H groups in total. The topological polar surface area (TPSA) is 0 Å². The van der Waals surface area contributed by atoms with Crippen LogP contribution in [-0.2, 0) is 0 Å². The second kappa shape index (κ2) is 4.24. The normalized spacial score (nSPS) is 53.9. The van der Waals surface area contributed by atoms with E-state index in [4.69, 9.17) is 0 Å². The number of rotatable bonds is 0. The fraction of sp³-hybridized carbons (Fsp3) is 0.800. The van der Waals surface area contributed by atoms with E-state index in [0.717, 1.165) is 23.7 Å². The summed E-state index contributed by atoms with van der Waals surface area (Å²) in [6.07, 6.45) is 17.7. The van der Waals surface area contributed by atoms with Crippen molar-refractivity contribution in [2.45, 2.75) is 65.7 Å². The van der Waals surface area contributed by atoms with Crippen LogP contribution in [0.15, 0.2) is 23.8 Å². The summed E-state index contributed by atoms with van der Waals surface area (Å²) >= 11 is 0. The third-order valence-corrected chi connectivity index (χ3v) is 7.77. The SMILES string of the molecule is C[C@@H]1C=C2C=CCC[C@]2(C)[C@H]2CC[C@]3(C)CCC[C@H]3[C@H]12. The van der Waals surface area contributed by atoms with Crippen molar-refractivity contribution in [3.05, 3.63) is 23.8 Å². The molecular weight excluding hydrogens is 240 g/mol. The Morgan fingerprint density at radius 3 is 2.75 bits per heavy atom. The average molecular weight is 270 g/mol. The van der Waals surface area contributed by atoms with E-state index in [1.165, 1.54) is 44.9 Å². The molecule has 20 heavy (non-hydrogen) atoms. The van der Waals surface area contributed by atoms with E-state index in [1.807, 2.05) is 0 Å². The highest BCUT2D eigenvalue weighted by Gasteiger charge is 2.56. The summed E-state index contributed by atoms with van der Waals surface area (Å²) in [7, 11) is 0. The van der Waals surface area contributed by atoms with Crippen molar-refractivity contribution in [3.63, 3.8) is 0 Å². The second-order valence-corrected chi connectivity index (χ2v) is 8.71. The van der Waals surface area contributed by atoms with Gasteiger partial charge in [0.1, 0.15) is 0 Å². The minimum atomic E-state index is 0.496. The molecule has 4 aliphatic rings. The summed E-state index contributed by atoms with van der Waals surface area (Å²) < 4.78 is 0. The fourth-order valence-corrected chi connectivity index (χ4v) is 6.63. The quantitative estimate of drug-likeness (QED) is 0.525. The van der Waals surface area contributed by atoms with E-state index in [1.54, 1.807) is 5.57 Å². The fourth-order valence-electron chi connectivity index (χ4n) is 6.63. The van der Waals surface area contributed by atoms with Crippen molar-refractivity contribution in [2.24, 2.45) is 34.5 Å². The van der Waals surface area contributed by atoms with Gasteiger partial charge in [0, 0.05) is 0 Å². The zero-order valence-corrected chi connectivity index (χ0v) is 13.5. The molecule has 0 radical (unpaired) electrons. The Morgan fingerprint density at radius 2 is 1.90 bits per heavy atom. The first-order chi connectivity index (χ1) is 9.55. The van der Waals surface area contributed by atoms with Crippen LogP contribution in [0.25, 0.3) is 0 Å². The maximum atomic E-state index is 2.65. The molecule has 0 aromatic rings. The van der Waals surface area contributed by atoms with E-state index in [0.29, 0.717) is 10.8 Å². The summed E-state index contributed by atoms with van der Waals surface area (Å²) in [5.41, 5.74) is 2.86. The van der Waals surface area contributed by atoms with E-state index < -0.39 is 0 Å². The number of hydrogen-bond donors (Lipinski definition) is 0. The molecule has 2 saturated carbocycles. The van der Waals surface area contributed by atoms with Crippen LogP contribution in [0.4, 0.5) is 0 Å². The lowest BCUT2D eigenvalue weighted by molar-refractivity contribution is -0.0384. The minimum absolute atomic E-state index is 0.496. The van der Waals surface area contributed by atoms with Crippen molar-refractivity contribution in [1.29, 1.82) is 0 Å². The Labute approximate surface area is 124 Å². The molecule has 4 aliphatic carbocycles. The van der Waals surface area contributed by atoms with Gasteiger partial charge in [-0.2, -0.15) is 0 Å². The average Bonchev–Trinajstić information content (AvgIpc) is 2.81. The Bertz CT molecular complexity index is 470. The molecule has 110 valence electrons. The molecular formula is C20H30. The van der Waals surface area contributed by atoms with Crippen LogP contribution >= 0.6 is 0 Å². The van der Waals surface area contributed by atoms with Gasteiger partial charge in [0.25, 0.3) is 0 Å². The molecule has 2 fully saturated rings. The van der Waals surface area contributed by atoms with Crippen LogP contribution in [0.3, 0.4) is 0 Å². The number of fused-ring (bicyclic) bond motifs is 5. The molecule has 0 bridgehead atoms. The van der Waals surface area contributed by atoms with Crippen molar-refractivity contribution in [2.75, 3.05) is 0 Å². The Balaban J connectivity index is 1.78. The van der Waals surface area contributed by atoms with Gasteiger partial charge in [-0.25, -0.2) is 0 Å². The summed E-state index contributed by atoms with van der Waals surface area (Å²) in [5, 5.41) is 0. The third-order valence-electron chi connectivity index (χ3n) is 7.77. The number of hydrogen-bond acceptors (Lipinski definition) is 0. The van der Waals surface area contributed by atoms with Crippen LogP contribution < -0.4 is 0 Å². The van der Waals surface area contributed by atoms with E-state index in [-0.39, 0.29) is 0 Å². The van der Waals surface area contributed by atoms with Crippen LogP contribution in [0.2, 0.25) is 0 Å². The molecule has 0 nitrogen and oxygen atoms in total. The molecule has 0 aromatic carbocycles. The smallest absolute Gasteiger partial charge is 0.00443 e. The highest BCUT2D eigenvalue weighted by Crippen LogP contribution is 2.65. The standard InChI is InChI=1S/C20H30/c1-14-13-15-7-4-5-11-20(15,3)17-9-12-19(2)10-6-8-16(19)18(14)17/h4,7,13-14,16-18H,5-6,8-12H2,1-3H3/t14-,16+,17+,18+,19+,20+/m1/s1. The first-order valence-corrected chi connectivity index (χ1v) is 8.93. The molecule has 0 heteroatoms. The van der Waals surface area contributed by atoms with Gasteiger partial charge in [0.2, 0.25) is 0 Å². The molecule has 0 heterocycles. The van der Waals surface area contributed by atoms with Gasteiger partial charge in [-0.3, -0.25) is 0 Å². The zero-order chi connectivity index (χ0) is 14.0. The third kappa shape index (κ3) is 1.60. The van der Waals surface area contributed by atoms with Crippen molar-refractivity contribution in [3.8, 4) is 0 Å². The van der Waals surface area contributed by atoms with Gasteiger partial charge < -0.3 is 0 Å². The van der Waals surface area contributed by atoms with Gasteiger partial charge in [0.15, 0.2) is 0 Å². The van der Waals surface area contributed by atoms with E-state index in [2.05, 4.69) is 39.0 Å². The van der Waals surface area contributed by atoms with E-state index >= 15 is 0 Å². The lowest BCUT2D eigenvalue weighted by Crippen LogP contribution is -2.50. The van der Waals surface area contributed by atoms with Gasteiger partial charge in [0.05, 0.1) is 0 Å². The predicted octanol–water partition coefficient (Wildman–Crippen LogP) is 5.75. The molecule has 0 saturated heterocycles. The molecule has 0 amide bonds. The summed E-state index contributed by atoms with van der Waals surface area (Å²) in [5.74, 6) is 3.74. The minimum Gasteiger partial charge on any atom is -0.0842 e. The Hall–Kier alpha value is -0.520. The largest absolute Gasteiger partial charge is 0.0842 e. The Kier molecular flexibility index (Phi) is 2.79. The summed E-state index contributed by atoms with van der Waals surface area (Å²) in [6, 6.07) is 0. The Morgan fingerprint density at radius 1 is 1.05 bits per heavy atom. The molecule has 0 spiro atoms. The summed E-state index contributed by atoms with van der Waals surface area (Å²) in [4.78, 5) is 0. The highest BCUT2D eigenvalue weighted by atomic mass is 14.6. The van der Waals surface area contributed by atoms with Gasteiger partial charge in [-0.15, -0.1) is 0 Å². The monoisotopic (exact) mass is 270 g/mol. The molecule has 0 aromatic heterocycles. The van der Waals surface area contributed by atoms with Crippen LogP contribution in [0.5, 0.6) is 0 Å². The second-order valence-electron chi connectivity index (χ2n) is 8.71. The summed E-state index contributed by atoms with van der Waals surface area (Å²) in [6.45, 7) is 7.70. The molecule has 4 rings (SSSR count). The molecule has 6 atom stereocenters. The lowest BCUT2D eigenvalue weighted by atomic mass is 9.47. The van der Waals surface area contributed by atoms with Crippen molar-refractivity contribution >= 4 is 0 Å². The number of allylic oxidation sites excluding steroid dienone is 4. The van der Waals surface area contributed by atoms with Gasteiger partial charge in [-0.05, 0) is 78.6 Å². The highest BCUT2D eigenvalue weighted by molar-refractivity contribution is 5.34. The maximum absolute atomic E-state index is 2.65. The van der Waals surface area contributed by atoms with E-state index in [9.17, 15) is 0 Å². The van der Waals surface area contributed by atoms with Gasteiger partial charge >= 0.3 is 0 Å². The predicted molar refractivity (Wildman–Crippen MR) is 85.4 cm³/mol. The van der Waals surface area contributed by atoms with Crippen molar-refractivity contribution in [1.82, 2.24) is 0 Å².